The summed E-state index contributed by atoms with van der Waals surface area (Å²) in [4.78, 5) is 1.20. The van der Waals surface area contributed by atoms with E-state index in [0.29, 0.717) is 12.1 Å². The molecule has 0 radical (unpaired) electrons. The molecule has 1 aromatic heterocycles. The van der Waals surface area contributed by atoms with E-state index >= 15 is 0 Å². The van der Waals surface area contributed by atoms with E-state index in [2.05, 4.69) is 0 Å². The summed E-state index contributed by atoms with van der Waals surface area (Å²) in [6.45, 7) is 0.523. The highest BCUT2D eigenvalue weighted by molar-refractivity contribution is 7.88. The summed E-state index contributed by atoms with van der Waals surface area (Å²) in [5.74, 6) is -0.410. The Morgan fingerprint density at radius 1 is 1.18 bits per heavy atom. The van der Waals surface area contributed by atoms with Crippen molar-refractivity contribution in [3.05, 3.63) is 58.0 Å². The van der Waals surface area contributed by atoms with Crippen molar-refractivity contribution < 1.29 is 12.8 Å². The average molecular weight is 339 g/mol. The minimum atomic E-state index is -3.36. The predicted octanol–water partition coefficient (Wildman–Crippen LogP) is 3.42. The molecule has 0 N–H and O–H groups in total. The van der Waals surface area contributed by atoms with Crippen LogP contribution < -0.4 is 0 Å². The first-order chi connectivity index (χ1) is 10.5. The highest BCUT2D eigenvalue weighted by Crippen LogP contribution is 2.31. The van der Waals surface area contributed by atoms with Crippen LogP contribution in [0.25, 0.3) is 0 Å². The van der Waals surface area contributed by atoms with Gasteiger partial charge >= 0.3 is 0 Å². The monoisotopic (exact) mass is 339 g/mol. The molecule has 0 spiro atoms. The van der Waals surface area contributed by atoms with Crippen LogP contribution in [0, 0.1) is 5.82 Å². The molecule has 6 heteroatoms. The number of benzene rings is 1. The third-order valence-electron chi connectivity index (χ3n) is 3.73. The number of hydrogen-bond acceptors (Lipinski definition) is 3. The highest BCUT2D eigenvalue weighted by Gasteiger charge is 2.36. The Morgan fingerprint density at radius 3 is 2.50 bits per heavy atom. The molecule has 0 amide bonds. The standard InChI is InChI=1S/C16H18FNO2S2/c17-14-5-3-13(4-6-14)12-22(19,20)18(15-7-8-15)10-9-16-2-1-11-21-16/h1-6,11,15H,7-10,12H2. The van der Waals surface area contributed by atoms with Gasteiger partial charge in [-0.25, -0.2) is 12.8 Å². The van der Waals surface area contributed by atoms with E-state index in [1.807, 2.05) is 17.5 Å². The van der Waals surface area contributed by atoms with Gasteiger partial charge in [0.15, 0.2) is 0 Å². The molecule has 0 saturated heterocycles. The Hall–Kier alpha value is -1.24. The second kappa shape index (κ2) is 6.48. The largest absolute Gasteiger partial charge is 0.218 e. The van der Waals surface area contributed by atoms with Gasteiger partial charge in [0.05, 0.1) is 5.75 Å². The van der Waals surface area contributed by atoms with Crippen molar-refractivity contribution in [3.8, 4) is 0 Å². The molecule has 3 nitrogen and oxygen atoms in total. The summed E-state index contributed by atoms with van der Waals surface area (Å²) in [7, 11) is -3.36. The van der Waals surface area contributed by atoms with Crippen LogP contribution in [0.1, 0.15) is 23.3 Å². The van der Waals surface area contributed by atoms with Gasteiger partial charge in [-0.3, -0.25) is 0 Å². The normalized spacial score (nSPS) is 15.4. The van der Waals surface area contributed by atoms with Crippen molar-refractivity contribution in [2.45, 2.75) is 31.1 Å². The topological polar surface area (TPSA) is 37.4 Å². The zero-order chi connectivity index (χ0) is 15.6. The van der Waals surface area contributed by atoms with Crippen LogP contribution in [-0.2, 0) is 22.2 Å². The molecule has 1 aliphatic rings. The van der Waals surface area contributed by atoms with E-state index < -0.39 is 10.0 Å². The van der Waals surface area contributed by atoms with Crippen molar-refractivity contribution >= 4 is 21.4 Å². The van der Waals surface area contributed by atoms with Gasteiger partial charge in [-0.1, -0.05) is 18.2 Å². The summed E-state index contributed by atoms with van der Waals surface area (Å²) < 4.78 is 39.9. The molecular weight excluding hydrogens is 321 g/mol. The third kappa shape index (κ3) is 3.94. The van der Waals surface area contributed by atoms with Crippen LogP contribution in [-0.4, -0.2) is 25.3 Å². The lowest BCUT2D eigenvalue weighted by atomic mass is 10.2. The van der Waals surface area contributed by atoms with E-state index in [1.165, 1.54) is 29.1 Å². The second-order valence-electron chi connectivity index (χ2n) is 5.55. The summed E-state index contributed by atoms with van der Waals surface area (Å²) >= 11 is 1.65. The van der Waals surface area contributed by atoms with Crippen LogP contribution in [0.3, 0.4) is 0 Å². The second-order valence-corrected chi connectivity index (χ2v) is 8.51. The van der Waals surface area contributed by atoms with E-state index in [9.17, 15) is 12.8 Å². The number of thiophene rings is 1. The number of sulfonamides is 1. The molecule has 0 atom stereocenters. The summed E-state index contributed by atoms with van der Waals surface area (Å²) in [6, 6.07) is 9.84. The van der Waals surface area contributed by atoms with Gasteiger partial charge in [-0.05, 0) is 48.4 Å². The zero-order valence-corrected chi connectivity index (χ0v) is 13.7. The zero-order valence-electron chi connectivity index (χ0n) is 12.1. The number of nitrogens with zero attached hydrogens (tertiary/aromatic N) is 1. The molecule has 1 fully saturated rings. The smallest absolute Gasteiger partial charge is 0.212 e. The Bertz CT molecular complexity index is 707. The number of halogens is 1. The molecule has 0 unspecified atom stereocenters. The van der Waals surface area contributed by atoms with Crippen LogP contribution in [0.15, 0.2) is 41.8 Å². The first-order valence-electron chi connectivity index (χ1n) is 7.31. The molecule has 1 aromatic carbocycles. The molecule has 1 aliphatic carbocycles. The molecule has 2 aromatic rings. The highest BCUT2D eigenvalue weighted by atomic mass is 32.2. The molecule has 118 valence electrons. The maximum atomic E-state index is 12.9. The maximum Gasteiger partial charge on any atom is 0.218 e. The van der Waals surface area contributed by atoms with Gasteiger partial charge in [-0.15, -0.1) is 11.3 Å². The fourth-order valence-corrected chi connectivity index (χ4v) is 4.97. The maximum absolute atomic E-state index is 12.9. The lowest BCUT2D eigenvalue weighted by molar-refractivity contribution is 0.407. The predicted molar refractivity (Wildman–Crippen MR) is 86.8 cm³/mol. The minimum absolute atomic E-state index is 0.0613. The van der Waals surface area contributed by atoms with Gasteiger partial charge in [0.1, 0.15) is 5.82 Å². The van der Waals surface area contributed by atoms with Crippen molar-refractivity contribution in [2.24, 2.45) is 0 Å². The fourth-order valence-electron chi connectivity index (χ4n) is 2.46. The van der Waals surface area contributed by atoms with Crippen molar-refractivity contribution in [2.75, 3.05) is 6.54 Å². The molecule has 1 saturated carbocycles. The third-order valence-corrected chi connectivity index (χ3v) is 6.56. The average Bonchev–Trinajstić information content (AvgIpc) is 3.16. The van der Waals surface area contributed by atoms with E-state index in [4.69, 9.17) is 0 Å². The van der Waals surface area contributed by atoms with Crippen LogP contribution in [0.2, 0.25) is 0 Å². The van der Waals surface area contributed by atoms with Gasteiger partial charge in [-0.2, -0.15) is 4.31 Å². The lowest BCUT2D eigenvalue weighted by Gasteiger charge is -2.21. The van der Waals surface area contributed by atoms with E-state index in [-0.39, 0.29) is 17.6 Å². The molecule has 0 bridgehead atoms. The van der Waals surface area contributed by atoms with Gasteiger partial charge in [0.2, 0.25) is 10.0 Å². The Balaban J connectivity index is 1.70. The molecule has 22 heavy (non-hydrogen) atoms. The Labute approximate surface area is 134 Å². The molecule has 1 heterocycles. The SMILES string of the molecule is O=S(=O)(Cc1ccc(F)cc1)N(CCc1cccs1)C1CC1. The molecule has 0 aliphatic heterocycles. The van der Waals surface area contributed by atoms with Crippen LogP contribution >= 0.6 is 11.3 Å². The fraction of sp³-hybridized carbons (Fsp3) is 0.375. The van der Waals surface area contributed by atoms with Crippen LogP contribution in [0.5, 0.6) is 0 Å². The Morgan fingerprint density at radius 2 is 1.91 bits per heavy atom. The number of hydrogen-bond donors (Lipinski definition) is 0. The Kier molecular flexibility index (Phi) is 4.61. The van der Waals surface area contributed by atoms with E-state index in [0.717, 1.165) is 19.3 Å². The first-order valence-corrected chi connectivity index (χ1v) is 9.80. The molecular formula is C16H18FNO2S2. The number of rotatable bonds is 7. The van der Waals surface area contributed by atoms with Crippen molar-refractivity contribution in [1.29, 1.82) is 0 Å². The van der Waals surface area contributed by atoms with Gasteiger partial charge in [0, 0.05) is 17.5 Å². The molecule has 3 rings (SSSR count). The minimum Gasteiger partial charge on any atom is -0.212 e. The summed E-state index contributed by atoms with van der Waals surface area (Å²) in [5, 5.41) is 2.00. The summed E-state index contributed by atoms with van der Waals surface area (Å²) in [6.07, 6.45) is 2.62. The first kappa shape index (κ1) is 15.6. The quantitative estimate of drug-likeness (QED) is 0.775. The lowest BCUT2D eigenvalue weighted by Crippen LogP contribution is -2.35. The van der Waals surface area contributed by atoms with Crippen molar-refractivity contribution in [1.82, 2.24) is 4.31 Å². The van der Waals surface area contributed by atoms with Gasteiger partial charge < -0.3 is 0 Å². The van der Waals surface area contributed by atoms with E-state index in [1.54, 1.807) is 15.6 Å². The van der Waals surface area contributed by atoms with Crippen molar-refractivity contribution in [3.63, 3.8) is 0 Å². The van der Waals surface area contributed by atoms with Crippen LogP contribution in [0.4, 0.5) is 4.39 Å². The van der Waals surface area contributed by atoms with Gasteiger partial charge in [0.25, 0.3) is 0 Å². The summed E-state index contributed by atoms with van der Waals surface area (Å²) in [5.41, 5.74) is 0.628.